The van der Waals surface area contributed by atoms with Crippen LogP contribution in [0.2, 0.25) is 0 Å². The van der Waals surface area contributed by atoms with Crippen LogP contribution in [0.15, 0.2) is 72.8 Å². The minimum Gasteiger partial charge on any atom is -0.488 e. The van der Waals surface area contributed by atoms with Crippen LogP contribution >= 0.6 is 0 Å². The number of ether oxygens (including phenoxy) is 1. The van der Waals surface area contributed by atoms with Gasteiger partial charge in [0.05, 0.1) is 16.6 Å². The van der Waals surface area contributed by atoms with E-state index in [-0.39, 0.29) is 18.1 Å². The van der Waals surface area contributed by atoms with Crippen LogP contribution in [0.1, 0.15) is 16.7 Å². The third-order valence-electron chi connectivity index (χ3n) is 4.07. The maximum absolute atomic E-state index is 13.8. The van der Waals surface area contributed by atoms with Crippen molar-refractivity contribution in [1.29, 1.82) is 5.26 Å². The predicted molar refractivity (Wildman–Crippen MR) is 104 cm³/mol. The summed E-state index contributed by atoms with van der Waals surface area (Å²) in [6, 6.07) is 21.3. The van der Waals surface area contributed by atoms with Crippen molar-refractivity contribution >= 4 is 17.3 Å². The minimum atomic E-state index is -0.495. The first-order valence-corrected chi connectivity index (χ1v) is 8.40. The Hall–Kier alpha value is -3.98. The Labute approximate surface area is 161 Å². The van der Waals surface area contributed by atoms with E-state index in [0.717, 1.165) is 0 Å². The molecule has 0 saturated carbocycles. The third-order valence-corrected chi connectivity index (χ3v) is 4.07. The Morgan fingerprint density at radius 2 is 1.75 bits per heavy atom. The maximum Gasteiger partial charge on any atom is 0.269 e. The van der Waals surface area contributed by atoms with Gasteiger partial charge >= 0.3 is 0 Å². The molecular formula is C22H15FN2O3. The number of nitro groups is 1. The van der Waals surface area contributed by atoms with Crippen molar-refractivity contribution < 1.29 is 14.1 Å². The number of hydrogen-bond donors (Lipinski definition) is 0. The van der Waals surface area contributed by atoms with Gasteiger partial charge in [0.1, 0.15) is 18.2 Å². The van der Waals surface area contributed by atoms with Crippen molar-refractivity contribution in [3.63, 3.8) is 0 Å². The van der Waals surface area contributed by atoms with Gasteiger partial charge in [-0.1, -0.05) is 36.4 Å². The predicted octanol–water partition coefficient (Wildman–Crippen LogP) is 5.38. The monoisotopic (exact) mass is 374 g/mol. The molecule has 28 heavy (non-hydrogen) atoms. The van der Waals surface area contributed by atoms with E-state index in [9.17, 15) is 19.8 Å². The Morgan fingerprint density at radius 3 is 2.43 bits per heavy atom. The number of nitriles is 1. The van der Waals surface area contributed by atoms with E-state index in [1.165, 1.54) is 30.3 Å². The number of rotatable bonds is 6. The van der Waals surface area contributed by atoms with E-state index < -0.39 is 4.92 Å². The van der Waals surface area contributed by atoms with Crippen molar-refractivity contribution in [3.05, 3.63) is 105 Å². The van der Waals surface area contributed by atoms with Crippen LogP contribution in [0.4, 0.5) is 10.1 Å². The highest BCUT2D eigenvalue weighted by molar-refractivity contribution is 5.90. The van der Waals surface area contributed by atoms with Crippen LogP contribution in [0.25, 0.3) is 11.6 Å². The highest BCUT2D eigenvalue weighted by atomic mass is 19.1. The molecule has 0 heterocycles. The largest absolute Gasteiger partial charge is 0.488 e. The standard InChI is InChI=1S/C22H15FN2O3/c23-21-7-3-1-6-18(21)15-28-22-8-4-2-5-17(22)13-19(14-24)16-9-11-20(12-10-16)25(26)27/h1-13H,15H2/b19-13-. The smallest absolute Gasteiger partial charge is 0.269 e. The molecule has 0 aliphatic rings. The first-order valence-electron chi connectivity index (χ1n) is 8.40. The van der Waals surface area contributed by atoms with Crippen LogP contribution < -0.4 is 4.74 Å². The fourth-order valence-electron chi connectivity index (χ4n) is 2.60. The molecule has 0 aliphatic heterocycles. The van der Waals surface area contributed by atoms with Gasteiger partial charge in [0, 0.05) is 23.3 Å². The lowest BCUT2D eigenvalue weighted by molar-refractivity contribution is -0.384. The van der Waals surface area contributed by atoms with Gasteiger partial charge in [0.25, 0.3) is 5.69 Å². The van der Waals surface area contributed by atoms with Crippen LogP contribution in [0.3, 0.4) is 0 Å². The number of nitrogens with zero attached hydrogens (tertiary/aromatic N) is 2. The number of benzene rings is 3. The first kappa shape index (κ1) is 18.8. The van der Waals surface area contributed by atoms with E-state index in [4.69, 9.17) is 4.74 Å². The minimum absolute atomic E-state index is 0.0466. The summed E-state index contributed by atoms with van der Waals surface area (Å²) in [7, 11) is 0. The van der Waals surface area contributed by atoms with Gasteiger partial charge < -0.3 is 4.74 Å². The molecule has 0 unspecified atom stereocenters. The van der Waals surface area contributed by atoms with Crippen LogP contribution in [-0.4, -0.2) is 4.92 Å². The van der Waals surface area contributed by atoms with E-state index in [2.05, 4.69) is 6.07 Å². The summed E-state index contributed by atoms with van der Waals surface area (Å²) >= 11 is 0. The molecule has 0 aromatic heterocycles. The summed E-state index contributed by atoms with van der Waals surface area (Å²) in [5, 5.41) is 20.3. The molecular weight excluding hydrogens is 359 g/mol. The number of halogens is 1. The Morgan fingerprint density at radius 1 is 1.07 bits per heavy atom. The molecule has 3 aromatic rings. The summed E-state index contributed by atoms with van der Waals surface area (Å²) in [5.41, 5.74) is 1.91. The van der Waals surface area contributed by atoms with E-state index >= 15 is 0 Å². The molecule has 0 aliphatic carbocycles. The molecule has 0 atom stereocenters. The van der Waals surface area contributed by atoms with Gasteiger partial charge in [-0.05, 0) is 35.9 Å². The Bertz CT molecular complexity index is 1070. The lowest BCUT2D eigenvalue weighted by Crippen LogP contribution is -1.99. The average Bonchev–Trinajstić information content (AvgIpc) is 2.72. The molecule has 0 saturated heterocycles. The quantitative estimate of drug-likeness (QED) is 0.251. The summed E-state index contributed by atoms with van der Waals surface area (Å²) in [6.45, 7) is 0.0525. The van der Waals surface area contributed by atoms with Gasteiger partial charge in [-0.25, -0.2) is 4.39 Å². The average molecular weight is 374 g/mol. The molecule has 3 rings (SSSR count). The fourth-order valence-corrected chi connectivity index (χ4v) is 2.60. The number of para-hydroxylation sites is 1. The molecule has 0 radical (unpaired) electrons. The normalized spacial score (nSPS) is 10.9. The number of nitro benzene ring substituents is 1. The lowest BCUT2D eigenvalue weighted by Gasteiger charge is -2.10. The van der Waals surface area contributed by atoms with Gasteiger partial charge in [-0.15, -0.1) is 0 Å². The maximum atomic E-state index is 13.8. The van der Waals surface area contributed by atoms with Crippen LogP contribution in [0, 0.1) is 27.3 Å². The number of hydrogen-bond acceptors (Lipinski definition) is 4. The molecule has 3 aromatic carbocycles. The zero-order valence-electron chi connectivity index (χ0n) is 14.7. The van der Waals surface area contributed by atoms with E-state index in [1.54, 1.807) is 48.5 Å². The third kappa shape index (κ3) is 4.40. The van der Waals surface area contributed by atoms with Crippen molar-refractivity contribution in [2.45, 2.75) is 6.61 Å². The van der Waals surface area contributed by atoms with Crippen LogP contribution in [-0.2, 0) is 6.61 Å². The number of non-ortho nitro benzene ring substituents is 1. The highest BCUT2D eigenvalue weighted by Crippen LogP contribution is 2.26. The van der Waals surface area contributed by atoms with Crippen molar-refractivity contribution in [1.82, 2.24) is 0 Å². The van der Waals surface area contributed by atoms with E-state index in [1.807, 2.05) is 0 Å². The molecule has 0 spiro atoms. The van der Waals surface area contributed by atoms with E-state index in [0.29, 0.717) is 28.0 Å². The van der Waals surface area contributed by atoms with Gasteiger partial charge in [-0.3, -0.25) is 10.1 Å². The summed E-state index contributed by atoms with van der Waals surface area (Å²) in [4.78, 5) is 10.3. The van der Waals surface area contributed by atoms with Gasteiger partial charge in [-0.2, -0.15) is 5.26 Å². The van der Waals surface area contributed by atoms with Gasteiger partial charge in [0.15, 0.2) is 0 Å². The molecule has 5 nitrogen and oxygen atoms in total. The lowest BCUT2D eigenvalue weighted by atomic mass is 10.0. The second-order valence-electron chi connectivity index (χ2n) is 5.89. The SMILES string of the molecule is N#C/C(=C/c1ccccc1OCc1ccccc1F)c1ccc([N+](=O)[O-])cc1. The summed E-state index contributed by atoms with van der Waals surface area (Å²) in [5.74, 6) is 0.152. The van der Waals surface area contributed by atoms with Crippen molar-refractivity contribution in [3.8, 4) is 11.8 Å². The second-order valence-corrected chi connectivity index (χ2v) is 5.89. The molecule has 0 amide bonds. The zero-order valence-corrected chi connectivity index (χ0v) is 14.7. The molecule has 0 fully saturated rings. The Kier molecular flexibility index (Phi) is 5.78. The topological polar surface area (TPSA) is 76.2 Å². The summed E-state index contributed by atoms with van der Waals surface area (Å²) in [6.07, 6.45) is 1.64. The first-order chi connectivity index (χ1) is 13.6. The molecule has 138 valence electrons. The second kappa shape index (κ2) is 8.60. The highest BCUT2D eigenvalue weighted by Gasteiger charge is 2.09. The molecule has 6 heteroatoms. The fraction of sp³-hybridized carbons (Fsp3) is 0.0455. The van der Waals surface area contributed by atoms with Crippen molar-refractivity contribution in [2.24, 2.45) is 0 Å². The van der Waals surface area contributed by atoms with Gasteiger partial charge in [0.2, 0.25) is 0 Å². The van der Waals surface area contributed by atoms with Crippen molar-refractivity contribution in [2.75, 3.05) is 0 Å². The van der Waals surface area contributed by atoms with Crippen LogP contribution in [0.5, 0.6) is 5.75 Å². The summed E-state index contributed by atoms with van der Waals surface area (Å²) < 4.78 is 19.5. The molecule has 0 N–H and O–H groups in total. The number of allylic oxidation sites excluding steroid dienone is 1. The Balaban J connectivity index is 1.87. The zero-order chi connectivity index (χ0) is 19.9. The molecule has 0 bridgehead atoms.